The van der Waals surface area contributed by atoms with E-state index in [1.807, 2.05) is 24.3 Å². The van der Waals surface area contributed by atoms with Crippen molar-refractivity contribution < 1.29 is 9.47 Å². The average molecular weight is 246 g/mol. The van der Waals surface area contributed by atoms with Crippen molar-refractivity contribution in [3.63, 3.8) is 0 Å². The first-order valence-corrected chi connectivity index (χ1v) is 5.98. The molecule has 4 heteroatoms. The van der Waals surface area contributed by atoms with Gasteiger partial charge in [0.15, 0.2) is 0 Å². The van der Waals surface area contributed by atoms with E-state index in [2.05, 4.69) is 11.1 Å². The molecule has 0 saturated heterocycles. The zero-order valence-corrected chi connectivity index (χ0v) is 10.5. The third kappa shape index (κ3) is 3.26. The monoisotopic (exact) mass is 246 g/mol. The molecule has 1 aromatic carbocycles. The molecule has 1 atom stereocenters. The van der Waals surface area contributed by atoms with E-state index in [-0.39, 0.29) is 6.04 Å². The van der Waals surface area contributed by atoms with Gasteiger partial charge in [-0.05, 0) is 23.8 Å². The quantitative estimate of drug-likeness (QED) is 0.791. The van der Waals surface area contributed by atoms with Crippen molar-refractivity contribution in [2.75, 3.05) is 26.9 Å². The van der Waals surface area contributed by atoms with Crippen LogP contribution in [-0.2, 0) is 9.47 Å². The fourth-order valence-corrected chi connectivity index (χ4v) is 1.77. The number of methoxy groups -OCH3 is 1. The fourth-order valence-electron chi connectivity index (χ4n) is 1.77. The summed E-state index contributed by atoms with van der Waals surface area (Å²) in [6.07, 6.45) is 1.79. The smallest absolute Gasteiger partial charge is 0.0702 e. The molecule has 1 heterocycles. The van der Waals surface area contributed by atoms with Crippen LogP contribution in [0.1, 0.15) is 11.6 Å². The van der Waals surface area contributed by atoms with Gasteiger partial charge >= 0.3 is 0 Å². The summed E-state index contributed by atoms with van der Waals surface area (Å²) in [6.45, 7) is 1.66. The van der Waals surface area contributed by atoms with Gasteiger partial charge in [-0.1, -0.05) is 12.1 Å². The van der Waals surface area contributed by atoms with Crippen LogP contribution in [0.2, 0.25) is 0 Å². The number of ether oxygens (including phenoxy) is 2. The normalized spacial score (nSPS) is 12.8. The predicted molar refractivity (Wildman–Crippen MR) is 71.4 cm³/mol. The number of hydrogen-bond donors (Lipinski definition) is 1. The highest BCUT2D eigenvalue weighted by atomic mass is 16.5. The maximum atomic E-state index is 6.08. The number of nitrogens with two attached hydrogens (primary N) is 1. The topological polar surface area (TPSA) is 57.4 Å². The van der Waals surface area contributed by atoms with Crippen LogP contribution in [0.5, 0.6) is 0 Å². The summed E-state index contributed by atoms with van der Waals surface area (Å²) in [7, 11) is 1.65. The van der Waals surface area contributed by atoms with E-state index < -0.39 is 0 Å². The zero-order chi connectivity index (χ0) is 12.8. The molecule has 96 valence electrons. The molecule has 0 bridgehead atoms. The first kappa shape index (κ1) is 13.0. The fraction of sp³-hybridized carbons (Fsp3) is 0.357. The number of fused-ring (bicyclic) bond motifs is 1. The van der Waals surface area contributed by atoms with Gasteiger partial charge in [0, 0.05) is 18.7 Å². The lowest BCUT2D eigenvalue weighted by Gasteiger charge is -2.13. The van der Waals surface area contributed by atoms with Gasteiger partial charge < -0.3 is 15.2 Å². The Morgan fingerprint density at radius 2 is 2.17 bits per heavy atom. The van der Waals surface area contributed by atoms with Crippen molar-refractivity contribution in [1.29, 1.82) is 0 Å². The molecular weight excluding hydrogens is 228 g/mol. The van der Waals surface area contributed by atoms with Crippen molar-refractivity contribution in [3.8, 4) is 0 Å². The Morgan fingerprint density at radius 1 is 1.28 bits per heavy atom. The van der Waals surface area contributed by atoms with Crippen molar-refractivity contribution in [2.45, 2.75) is 6.04 Å². The number of rotatable bonds is 6. The maximum absolute atomic E-state index is 6.08. The minimum Gasteiger partial charge on any atom is -0.382 e. The first-order valence-electron chi connectivity index (χ1n) is 5.98. The molecule has 1 aromatic heterocycles. The van der Waals surface area contributed by atoms with Crippen LogP contribution < -0.4 is 5.73 Å². The maximum Gasteiger partial charge on any atom is 0.0702 e. The lowest BCUT2D eigenvalue weighted by molar-refractivity contribution is 0.0636. The SMILES string of the molecule is COCCOCC(N)c1ccc2ncccc2c1. The molecule has 0 saturated carbocycles. The average Bonchev–Trinajstić information content (AvgIpc) is 2.43. The Morgan fingerprint density at radius 3 is 3.00 bits per heavy atom. The van der Waals surface area contributed by atoms with Crippen LogP contribution in [0.15, 0.2) is 36.5 Å². The Kier molecular flexibility index (Phi) is 4.64. The van der Waals surface area contributed by atoms with Crippen LogP contribution in [-0.4, -0.2) is 31.9 Å². The van der Waals surface area contributed by atoms with E-state index in [0.29, 0.717) is 19.8 Å². The van der Waals surface area contributed by atoms with E-state index in [9.17, 15) is 0 Å². The number of benzene rings is 1. The molecule has 0 spiro atoms. The second-order valence-electron chi connectivity index (χ2n) is 4.13. The highest BCUT2D eigenvalue weighted by Crippen LogP contribution is 2.17. The van der Waals surface area contributed by atoms with E-state index in [1.54, 1.807) is 13.3 Å². The summed E-state index contributed by atoms with van der Waals surface area (Å²) < 4.78 is 10.3. The molecule has 2 aromatic rings. The van der Waals surface area contributed by atoms with E-state index in [4.69, 9.17) is 15.2 Å². The number of hydrogen-bond acceptors (Lipinski definition) is 4. The number of nitrogens with zero attached hydrogens (tertiary/aromatic N) is 1. The first-order chi connectivity index (χ1) is 8.81. The summed E-state index contributed by atoms with van der Waals surface area (Å²) in [4.78, 5) is 4.28. The highest BCUT2D eigenvalue weighted by molar-refractivity contribution is 5.79. The lowest BCUT2D eigenvalue weighted by atomic mass is 10.1. The second kappa shape index (κ2) is 6.44. The van der Waals surface area contributed by atoms with E-state index >= 15 is 0 Å². The van der Waals surface area contributed by atoms with Crippen LogP contribution >= 0.6 is 0 Å². The molecule has 4 nitrogen and oxygen atoms in total. The molecule has 0 aliphatic rings. The third-order valence-corrected chi connectivity index (χ3v) is 2.78. The molecule has 1 unspecified atom stereocenters. The van der Waals surface area contributed by atoms with Gasteiger partial charge in [-0.3, -0.25) is 4.98 Å². The molecule has 0 fully saturated rings. The van der Waals surface area contributed by atoms with Gasteiger partial charge in [0.2, 0.25) is 0 Å². The van der Waals surface area contributed by atoms with Crippen molar-refractivity contribution >= 4 is 10.9 Å². The summed E-state index contributed by atoms with van der Waals surface area (Å²) >= 11 is 0. The summed E-state index contributed by atoms with van der Waals surface area (Å²) in [5, 5.41) is 1.10. The van der Waals surface area contributed by atoms with Crippen molar-refractivity contribution in [3.05, 3.63) is 42.1 Å². The molecule has 0 radical (unpaired) electrons. The van der Waals surface area contributed by atoms with Crippen LogP contribution in [0.25, 0.3) is 10.9 Å². The standard InChI is InChI=1S/C14H18N2O2/c1-17-7-8-18-10-13(15)11-4-5-14-12(9-11)3-2-6-16-14/h2-6,9,13H,7-8,10,15H2,1H3. The van der Waals surface area contributed by atoms with E-state index in [0.717, 1.165) is 16.5 Å². The number of aromatic nitrogens is 1. The molecule has 2 rings (SSSR count). The Balaban J connectivity index is 2.01. The molecular formula is C14H18N2O2. The molecule has 18 heavy (non-hydrogen) atoms. The zero-order valence-electron chi connectivity index (χ0n) is 10.5. The van der Waals surface area contributed by atoms with Crippen LogP contribution in [0, 0.1) is 0 Å². The summed E-state index contributed by atoms with van der Waals surface area (Å²) in [5.74, 6) is 0. The minimum atomic E-state index is -0.119. The predicted octanol–water partition coefficient (Wildman–Crippen LogP) is 1.90. The van der Waals surface area contributed by atoms with E-state index in [1.165, 1.54) is 0 Å². The lowest BCUT2D eigenvalue weighted by Crippen LogP contribution is -2.18. The van der Waals surface area contributed by atoms with Gasteiger partial charge in [0.1, 0.15) is 0 Å². The Hall–Kier alpha value is -1.49. The molecule has 0 aliphatic carbocycles. The number of pyridine rings is 1. The second-order valence-corrected chi connectivity index (χ2v) is 4.13. The summed E-state index contributed by atoms with van der Waals surface area (Å²) in [6, 6.07) is 9.88. The van der Waals surface area contributed by atoms with Gasteiger partial charge in [-0.2, -0.15) is 0 Å². The molecule has 0 amide bonds. The molecule has 2 N–H and O–H groups in total. The Labute approximate surface area is 107 Å². The largest absolute Gasteiger partial charge is 0.382 e. The van der Waals surface area contributed by atoms with Gasteiger partial charge in [-0.25, -0.2) is 0 Å². The molecule has 0 aliphatic heterocycles. The Bertz CT molecular complexity index is 502. The third-order valence-electron chi connectivity index (χ3n) is 2.78. The van der Waals surface area contributed by atoms with Crippen LogP contribution in [0.3, 0.4) is 0 Å². The van der Waals surface area contributed by atoms with Crippen molar-refractivity contribution in [1.82, 2.24) is 4.98 Å². The minimum absolute atomic E-state index is 0.119. The van der Waals surface area contributed by atoms with Gasteiger partial charge in [0.25, 0.3) is 0 Å². The van der Waals surface area contributed by atoms with Gasteiger partial charge in [0.05, 0.1) is 31.4 Å². The highest BCUT2D eigenvalue weighted by Gasteiger charge is 2.07. The van der Waals surface area contributed by atoms with Gasteiger partial charge in [-0.15, -0.1) is 0 Å². The van der Waals surface area contributed by atoms with Crippen LogP contribution in [0.4, 0.5) is 0 Å². The summed E-state index contributed by atoms with van der Waals surface area (Å²) in [5.41, 5.74) is 8.13. The van der Waals surface area contributed by atoms with Crippen molar-refractivity contribution in [2.24, 2.45) is 5.73 Å².